The predicted molar refractivity (Wildman–Crippen MR) is 77.9 cm³/mol. The zero-order valence-corrected chi connectivity index (χ0v) is 12.7. The number of methoxy groups -OCH3 is 2. The van der Waals surface area contributed by atoms with Gasteiger partial charge >= 0.3 is 0 Å². The van der Waals surface area contributed by atoms with E-state index in [-0.39, 0.29) is 5.54 Å². The van der Waals surface area contributed by atoms with Crippen molar-refractivity contribution in [2.75, 3.05) is 20.5 Å². The first-order chi connectivity index (χ1) is 8.41. The molecule has 0 atom stereocenters. The Bertz CT molecular complexity index is 400. The molecule has 4 heteroatoms. The van der Waals surface area contributed by atoms with E-state index in [1.54, 1.807) is 26.0 Å². The predicted octanol–water partition coefficient (Wildman–Crippen LogP) is 3.10. The quantitative estimate of drug-likeness (QED) is 0.806. The first-order valence-electron chi connectivity index (χ1n) is 5.99. The Morgan fingerprint density at radius 1 is 1.17 bits per heavy atom. The number of rotatable bonds is 6. The number of aryl methyl sites for hydroxylation is 1. The van der Waals surface area contributed by atoms with Crippen molar-refractivity contribution < 1.29 is 9.47 Å². The molecular formula is C14H23NO2S. The number of thioether (sulfide) groups is 1. The maximum Gasteiger partial charge on any atom is 0.132 e. The summed E-state index contributed by atoms with van der Waals surface area (Å²) in [5.41, 5.74) is 7.00. The second kappa shape index (κ2) is 6.34. The molecule has 0 fully saturated rings. The monoisotopic (exact) mass is 269 g/mol. The molecule has 0 aromatic heterocycles. The van der Waals surface area contributed by atoms with Crippen LogP contribution in [0.2, 0.25) is 0 Å². The highest BCUT2D eigenvalue weighted by molar-refractivity contribution is 7.98. The molecule has 0 saturated heterocycles. The number of benzene rings is 1. The molecule has 2 N–H and O–H groups in total. The first-order valence-corrected chi connectivity index (χ1v) is 7.21. The van der Waals surface area contributed by atoms with Gasteiger partial charge in [0, 0.05) is 5.54 Å². The van der Waals surface area contributed by atoms with Gasteiger partial charge in [-0.05, 0) is 50.6 Å². The number of nitrogens with two attached hydrogens (primary N) is 1. The molecule has 1 aromatic rings. The lowest BCUT2D eigenvalue weighted by molar-refractivity contribution is 0.387. The zero-order chi connectivity index (χ0) is 13.8. The molecule has 0 unspecified atom stereocenters. The van der Waals surface area contributed by atoms with E-state index in [0.29, 0.717) is 0 Å². The van der Waals surface area contributed by atoms with Gasteiger partial charge in [-0.3, -0.25) is 0 Å². The topological polar surface area (TPSA) is 44.5 Å². The average Bonchev–Trinajstić information content (AvgIpc) is 2.34. The van der Waals surface area contributed by atoms with Gasteiger partial charge in [0.15, 0.2) is 0 Å². The van der Waals surface area contributed by atoms with Crippen LogP contribution in [0.4, 0.5) is 0 Å². The molecule has 3 nitrogen and oxygen atoms in total. The van der Waals surface area contributed by atoms with Crippen LogP contribution in [-0.2, 0) is 6.42 Å². The summed E-state index contributed by atoms with van der Waals surface area (Å²) >= 11 is 1.65. The van der Waals surface area contributed by atoms with Crippen LogP contribution in [0.1, 0.15) is 25.8 Å². The molecule has 0 aliphatic rings. The summed E-state index contributed by atoms with van der Waals surface area (Å²) < 4.78 is 10.8. The van der Waals surface area contributed by atoms with Crippen molar-refractivity contribution in [2.45, 2.75) is 37.1 Å². The maximum atomic E-state index is 6.03. The molecule has 0 aliphatic carbocycles. The van der Waals surface area contributed by atoms with Crippen LogP contribution in [0.25, 0.3) is 0 Å². The first kappa shape index (κ1) is 15.2. The summed E-state index contributed by atoms with van der Waals surface area (Å²) in [4.78, 5) is 1.09. The van der Waals surface area contributed by atoms with Gasteiger partial charge in [0.25, 0.3) is 0 Å². The summed E-state index contributed by atoms with van der Waals surface area (Å²) in [6.07, 6.45) is 3.82. The van der Waals surface area contributed by atoms with Crippen LogP contribution < -0.4 is 15.2 Å². The fraction of sp³-hybridized carbons (Fsp3) is 0.571. The molecule has 18 heavy (non-hydrogen) atoms. The third kappa shape index (κ3) is 4.10. The fourth-order valence-corrected chi connectivity index (χ4v) is 2.31. The molecule has 0 radical (unpaired) electrons. The van der Waals surface area contributed by atoms with Gasteiger partial charge in [-0.25, -0.2) is 0 Å². The van der Waals surface area contributed by atoms with Gasteiger partial charge in [0.05, 0.1) is 19.1 Å². The molecule has 0 amide bonds. The van der Waals surface area contributed by atoms with Crippen LogP contribution in [0.5, 0.6) is 11.5 Å². The summed E-state index contributed by atoms with van der Waals surface area (Å²) in [6, 6.07) is 4.08. The van der Waals surface area contributed by atoms with E-state index < -0.39 is 0 Å². The summed E-state index contributed by atoms with van der Waals surface area (Å²) in [5.74, 6) is 1.80. The van der Waals surface area contributed by atoms with E-state index in [0.717, 1.165) is 34.8 Å². The van der Waals surface area contributed by atoms with E-state index in [2.05, 4.69) is 6.07 Å². The Kier molecular flexibility index (Phi) is 5.35. The van der Waals surface area contributed by atoms with Crippen LogP contribution in [0.15, 0.2) is 17.0 Å². The Balaban J connectivity index is 3.02. The van der Waals surface area contributed by atoms with Crippen molar-refractivity contribution in [3.63, 3.8) is 0 Å². The lowest BCUT2D eigenvalue weighted by atomic mass is 9.96. The minimum atomic E-state index is -0.170. The van der Waals surface area contributed by atoms with Crippen LogP contribution in [0, 0.1) is 0 Å². The molecule has 0 spiro atoms. The SMILES string of the molecule is COc1cc(SC)c(OC)cc1CCC(C)(C)N. The fourth-order valence-electron chi connectivity index (χ4n) is 1.74. The Morgan fingerprint density at radius 2 is 1.78 bits per heavy atom. The number of ether oxygens (including phenoxy) is 2. The van der Waals surface area contributed by atoms with Gasteiger partial charge in [-0.2, -0.15) is 0 Å². The highest BCUT2D eigenvalue weighted by Gasteiger charge is 2.15. The summed E-state index contributed by atoms with van der Waals surface area (Å²) in [7, 11) is 3.39. The lowest BCUT2D eigenvalue weighted by Crippen LogP contribution is -2.32. The molecule has 1 aromatic carbocycles. The molecule has 1 rings (SSSR count). The van der Waals surface area contributed by atoms with E-state index in [4.69, 9.17) is 15.2 Å². The van der Waals surface area contributed by atoms with Crippen molar-refractivity contribution in [3.05, 3.63) is 17.7 Å². The van der Waals surface area contributed by atoms with E-state index >= 15 is 0 Å². The Labute approximate surface area is 114 Å². The number of hydrogen-bond acceptors (Lipinski definition) is 4. The van der Waals surface area contributed by atoms with Crippen LogP contribution in [0.3, 0.4) is 0 Å². The van der Waals surface area contributed by atoms with E-state index in [1.807, 2.05) is 26.2 Å². The molecule has 102 valence electrons. The number of hydrogen-bond donors (Lipinski definition) is 1. The van der Waals surface area contributed by atoms with Crippen LogP contribution >= 0.6 is 11.8 Å². The maximum absolute atomic E-state index is 6.03. The molecule has 0 saturated carbocycles. The second-order valence-corrected chi connectivity index (χ2v) is 5.86. The van der Waals surface area contributed by atoms with Crippen molar-refractivity contribution in [2.24, 2.45) is 5.73 Å². The van der Waals surface area contributed by atoms with Crippen LogP contribution in [-0.4, -0.2) is 26.0 Å². The Morgan fingerprint density at radius 3 is 2.22 bits per heavy atom. The highest BCUT2D eigenvalue weighted by atomic mass is 32.2. The average molecular weight is 269 g/mol. The summed E-state index contributed by atoms with van der Waals surface area (Å²) in [5, 5.41) is 0. The third-order valence-electron chi connectivity index (χ3n) is 2.83. The van der Waals surface area contributed by atoms with Crippen molar-refractivity contribution in [1.82, 2.24) is 0 Å². The normalized spacial score (nSPS) is 11.4. The molecular weight excluding hydrogens is 246 g/mol. The van der Waals surface area contributed by atoms with Gasteiger partial charge in [-0.1, -0.05) is 0 Å². The second-order valence-electron chi connectivity index (χ2n) is 5.01. The minimum Gasteiger partial charge on any atom is -0.496 e. The largest absolute Gasteiger partial charge is 0.496 e. The smallest absolute Gasteiger partial charge is 0.132 e. The Hall–Kier alpha value is -0.870. The lowest BCUT2D eigenvalue weighted by Gasteiger charge is -2.20. The highest BCUT2D eigenvalue weighted by Crippen LogP contribution is 2.35. The standard InChI is InChI=1S/C14H23NO2S/c1-14(2,15)7-6-10-8-12(17-4)13(18-5)9-11(10)16-3/h8-9H,6-7,15H2,1-5H3. The molecule has 0 bridgehead atoms. The van der Waals surface area contributed by atoms with Gasteiger partial charge in [0.2, 0.25) is 0 Å². The zero-order valence-electron chi connectivity index (χ0n) is 11.9. The molecule has 0 aliphatic heterocycles. The molecule has 0 heterocycles. The van der Waals surface area contributed by atoms with E-state index in [1.165, 1.54) is 0 Å². The van der Waals surface area contributed by atoms with E-state index in [9.17, 15) is 0 Å². The minimum absolute atomic E-state index is 0.170. The third-order valence-corrected chi connectivity index (χ3v) is 3.58. The van der Waals surface area contributed by atoms with Crippen molar-refractivity contribution in [1.29, 1.82) is 0 Å². The van der Waals surface area contributed by atoms with Gasteiger partial charge in [0.1, 0.15) is 11.5 Å². The van der Waals surface area contributed by atoms with Gasteiger partial charge in [-0.15, -0.1) is 11.8 Å². The van der Waals surface area contributed by atoms with Crippen molar-refractivity contribution >= 4 is 11.8 Å². The summed E-state index contributed by atoms with van der Waals surface area (Å²) in [6.45, 7) is 4.07. The van der Waals surface area contributed by atoms with Crippen molar-refractivity contribution in [3.8, 4) is 11.5 Å². The van der Waals surface area contributed by atoms with Gasteiger partial charge < -0.3 is 15.2 Å².